The van der Waals surface area contributed by atoms with Crippen molar-refractivity contribution < 1.29 is 56.4 Å². The Bertz CT molecular complexity index is 1630. The van der Waals surface area contributed by atoms with Crippen molar-refractivity contribution in [1.82, 2.24) is 0 Å². The molecule has 0 aliphatic rings. The van der Waals surface area contributed by atoms with Gasteiger partial charge in [-0.15, -0.1) is 0 Å². The van der Waals surface area contributed by atoms with Crippen LogP contribution in [0.1, 0.15) is 136 Å². The van der Waals surface area contributed by atoms with Crippen molar-refractivity contribution in [3.63, 3.8) is 0 Å². The molecule has 0 saturated carbocycles. The Labute approximate surface area is 353 Å². The number of halogens is 2. The molecule has 0 heterocycles. The number of rotatable bonds is 32. The molecule has 3 rings (SSSR count). The van der Waals surface area contributed by atoms with E-state index in [-0.39, 0.29) is 23.1 Å². The molecule has 0 atom stereocenters. The molecule has 3 aromatic rings. The fourth-order valence-corrected chi connectivity index (χ4v) is 6.09. The van der Waals surface area contributed by atoms with Gasteiger partial charge in [0.1, 0.15) is 11.5 Å². The van der Waals surface area contributed by atoms with Gasteiger partial charge in [0.2, 0.25) is 11.6 Å². The molecule has 0 aromatic heterocycles. The molecule has 0 aliphatic heterocycles. The molecule has 0 saturated heterocycles. The van der Waals surface area contributed by atoms with Crippen molar-refractivity contribution in [3.8, 4) is 23.0 Å². The highest BCUT2D eigenvalue weighted by atomic mass is 19.2. The highest BCUT2D eigenvalue weighted by Gasteiger charge is 2.21. The van der Waals surface area contributed by atoms with Crippen molar-refractivity contribution in [2.45, 2.75) is 116 Å². The zero-order chi connectivity index (χ0) is 43.2. The Morgan fingerprint density at radius 1 is 0.417 bits per heavy atom. The highest BCUT2D eigenvalue weighted by molar-refractivity contribution is 5.92. The molecule has 0 unspecified atom stereocenters. The van der Waals surface area contributed by atoms with Gasteiger partial charge in [-0.2, -0.15) is 8.78 Å². The quantitative estimate of drug-likeness (QED) is 0.0260. The Balaban J connectivity index is 1.27. The Kier molecular flexibility index (Phi) is 24.1. The van der Waals surface area contributed by atoms with Crippen LogP contribution in [0.3, 0.4) is 0 Å². The zero-order valence-electron chi connectivity index (χ0n) is 34.7. The average Bonchev–Trinajstić information content (AvgIpc) is 3.26. The number of unbranched alkanes of at least 4 members (excludes halogenated alkanes) is 16. The minimum Gasteiger partial charge on any atom is -0.494 e. The second-order valence-electron chi connectivity index (χ2n) is 14.3. The number of esters is 4. The van der Waals surface area contributed by atoms with Gasteiger partial charge in [0, 0.05) is 12.2 Å². The molecule has 0 bridgehead atoms. The maximum Gasteiger partial charge on any atom is 0.343 e. The van der Waals surface area contributed by atoms with E-state index < -0.39 is 35.1 Å². The largest absolute Gasteiger partial charge is 0.494 e. The van der Waals surface area contributed by atoms with Crippen LogP contribution in [-0.4, -0.2) is 50.3 Å². The molecule has 12 heteroatoms. The third-order valence-electron chi connectivity index (χ3n) is 9.53. The van der Waals surface area contributed by atoms with Crippen LogP contribution < -0.4 is 18.9 Å². The molecule has 0 fully saturated rings. The summed E-state index contributed by atoms with van der Waals surface area (Å²) in [7, 11) is 0. The van der Waals surface area contributed by atoms with Crippen LogP contribution in [0, 0.1) is 11.6 Å². The number of benzene rings is 3. The molecule has 60 heavy (non-hydrogen) atoms. The van der Waals surface area contributed by atoms with E-state index >= 15 is 0 Å². The number of carbonyl (C=O) groups excluding carboxylic acids is 4. The van der Waals surface area contributed by atoms with Crippen molar-refractivity contribution >= 4 is 23.9 Å². The molecule has 10 nitrogen and oxygen atoms in total. The summed E-state index contributed by atoms with van der Waals surface area (Å²) >= 11 is 0. The second kappa shape index (κ2) is 29.7. The van der Waals surface area contributed by atoms with Gasteiger partial charge < -0.3 is 28.4 Å². The molecule has 0 N–H and O–H groups in total. The van der Waals surface area contributed by atoms with E-state index in [2.05, 4.69) is 13.2 Å². The highest BCUT2D eigenvalue weighted by Crippen LogP contribution is 2.29. The predicted octanol–water partition coefficient (Wildman–Crippen LogP) is 11.6. The van der Waals surface area contributed by atoms with Crippen LogP contribution in [0.4, 0.5) is 8.78 Å². The normalized spacial score (nSPS) is 10.7. The zero-order valence-corrected chi connectivity index (χ0v) is 34.7. The van der Waals surface area contributed by atoms with Crippen molar-refractivity contribution in [3.05, 3.63) is 109 Å². The summed E-state index contributed by atoms with van der Waals surface area (Å²) < 4.78 is 61.5. The fourth-order valence-electron chi connectivity index (χ4n) is 6.09. The SMILES string of the molecule is C=CC(=O)OCCCCCCCCCCCOc1ccc(C(=O)Oc2ccc(OC(=O)c3ccc(OCCCCCCCCCCCOC(=O)C=C)cc3)c(F)c2F)cc1. The van der Waals surface area contributed by atoms with E-state index in [0.717, 1.165) is 128 Å². The minimum atomic E-state index is -1.47. The summed E-state index contributed by atoms with van der Waals surface area (Å²) in [6.07, 6.45) is 21.4. The van der Waals surface area contributed by atoms with Crippen LogP contribution in [0.5, 0.6) is 23.0 Å². The molecule has 0 amide bonds. The van der Waals surface area contributed by atoms with Crippen LogP contribution in [-0.2, 0) is 19.1 Å². The van der Waals surface area contributed by atoms with E-state index in [1.165, 1.54) is 36.4 Å². The van der Waals surface area contributed by atoms with Crippen molar-refractivity contribution in [1.29, 1.82) is 0 Å². The summed E-state index contributed by atoms with van der Waals surface area (Å²) in [6.45, 7) is 8.68. The summed E-state index contributed by atoms with van der Waals surface area (Å²) in [5.41, 5.74) is 0.230. The summed E-state index contributed by atoms with van der Waals surface area (Å²) in [4.78, 5) is 47.4. The van der Waals surface area contributed by atoms with Crippen molar-refractivity contribution in [2.24, 2.45) is 0 Å². The monoisotopic (exact) mass is 834 g/mol. The summed E-state index contributed by atoms with van der Waals surface area (Å²) in [5.74, 6) is -5.64. The van der Waals surface area contributed by atoms with Gasteiger partial charge in [-0.25, -0.2) is 19.2 Å². The lowest BCUT2D eigenvalue weighted by Gasteiger charge is -2.11. The summed E-state index contributed by atoms with van der Waals surface area (Å²) in [6, 6.07) is 14.4. The predicted molar refractivity (Wildman–Crippen MR) is 226 cm³/mol. The molecule has 0 aliphatic carbocycles. The fraction of sp³-hybridized carbons (Fsp3) is 0.458. The lowest BCUT2D eigenvalue weighted by molar-refractivity contribution is -0.138. The molecule has 0 spiro atoms. The second-order valence-corrected chi connectivity index (χ2v) is 14.3. The first-order valence-corrected chi connectivity index (χ1v) is 21.2. The molecular weight excluding hydrogens is 775 g/mol. The molecule has 326 valence electrons. The maximum atomic E-state index is 14.9. The van der Waals surface area contributed by atoms with Crippen LogP contribution >= 0.6 is 0 Å². The van der Waals surface area contributed by atoms with E-state index in [4.69, 9.17) is 28.4 Å². The standard InChI is InChI=1S/C48H60F2O10/c1-3-43(51)57-35-21-17-13-9-5-7-11-15-19-33-55-39-27-23-37(24-28-39)47(53)59-41-31-32-42(46(50)45(41)49)60-48(54)38-25-29-40(30-26-38)56-34-20-16-12-8-6-10-14-18-22-36-58-44(52)4-2/h3-4,23-32H,1-2,5-22,33-36H2. The van der Waals surface area contributed by atoms with Gasteiger partial charge in [-0.1, -0.05) is 103 Å². The first-order valence-electron chi connectivity index (χ1n) is 21.2. The Morgan fingerprint density at radius 2 is 0.700 bits per heavy atom. The van der Waals surface area contributed by atoms with Gasteiger partial charge in [-0.3, -0.25) is 0 Å². The smallest absolute Gasteiger partial charge is 0.343 e. The average molecular weight is 835 g/mol. The number of hydrogen-bond acceptors (Lipinski definition) is 10. The maximum absolute atomic E-state index is 14.9. The van der Waals surface area contributed by atoms with Gasteiger partial charge in [0.05, 0.1) is 37.6 Å². The molecular formula is C48H60F2O10. The minimum absolute atomic E-state index is 0.115. The van der Waals surface area contributed by atoms with E-state index in [1.807, 2.05) is 0 Å². The third kappa shape index (κ3) is 20.0. The van der Waals surface area contributed by atoms with Crippen LogP contribution in [0.15, 0.2) is 86.0 Å². The Hall–Kier alpha value is -5.52. The molecule has 3 aromatic carbocycles. The van der Waals surface area contributed by atoms with Crippen LogP contribution in [0.25, 0.3) is 0 Å². The van der Waals surface area contributed by atoms with Gasteiger partial charge in [0.15, 0.2) is 11.5 Å². The summed E-state index contributed by atoms with van der Waals surface area (Å²) in [5, 5.41) is 0. The third-order valence-corrected chi connectivity index (χ3v) is 9.53. The van der Waals surface area contributed by atoms with Crippen molar-refractivity contribution in [2.75, 3.05) is 26.4 Å². The first-order chi connectivity index (χ1) is 29.2. The molecule has 0 radical (unpaired) electrons. The topological polar surface area (TPSA) is 124 Å². The number of ether oxygens (including phenoxy) is 6. The Morgan fingerprint density at radius 3 is 1.00 bits per heavy atom. The number of carbonyl (C=O) groups is 4. The van der Waals surface area contributed by atoms with Gasteiger partial charge in [0.25, 0.3) is 0 Å². The van der Waals surface area contributed by atoms with E-state index in [0.29, 0.717) is 37.9 Å². The van der Waals surface area contributed by atoms with Crippen LogP contribution in [0.2, 0.25) is 0 Å². The number of hydrogen-bond donors (Lipinski definition) is 0. The van der Waals surface area contributed by atoms with Gasteiger partial charge in [-0.05, 0) is 86.3 Å². The lowest BCUT2D eigenvalue weighted by atomic mass is 10.1. The lowest BCUT2D eigenvalue weighted by Crippen LogP contribution is -2.12. The first kappa shape index (κ1) is 48.8. The van der Waals surface area contributed by atoms with E-state index in [1.54, 1.807) is 24.3 Å². The van der Waals surface area contributed by atoms with Gasteiger partial charge >= 0.3 is 23.9 Å². The van der Waals surface area contributed by atoms with E-state index in [9.17, 15) is 28.0 Å².